The van der Waals surface area contributed by atoms with Crippen molar-refractivity contribution in [2.24, 2.45) is 5.14 Å². The molecule has 3 N–H and O–H groups in total. The molecule has 32 heavy (non-hydrogen) atoms. The van der Waals surface area contributed by atoms with Gasteiger partial charge in [-0.05, 0) is 36.8 Å². The number of anilines is 1. The first-order chi connectivity index (χ1) is 15.4. The van der Waals surface area contributed by atoms with Crippen LogP contribution in [0.25, 0.3) is 33.2 Å². The fraction of sp³-hybridized carbons (Fsp3) is 0.136. The zero-order valence-electron chi connectivity index (χ0n) is 17.4. The van der Waals surface area contributed by atoms with E-state index in [1.807, 2.05) is 26.1 Å². The number of pyridine rings is 3. The Morgan fingerprint density at radius 3 is 2.47 bits per heavy atom. The number of ether oxygens (including phenoxy) is 1. The number of aromatic nitrogens is 3. The lowest BCUT2D eigenvalue weighted by Crippen LogP contribution is -1.97. The highest BCUT2D eigenvalue weighted by Crippen LogP contribution is 2.39. The van der Waals surface area contributed by atoms with Crippen molar-refractivity contribution in [1.29, 1.82) is 0 Å². The van der Waals surface area contributed by atoms with Crippen LogP contribution in [0.1, 0.15) is 5.69 Å². The van der Waals surface area contributed by atoms with Crippen molar-refractivity contribution in [3.63, 3.8) is 0 Å². The van der Waals surface area contributed by atoms with E-state index in [2.05, 4.69) is 49.2 Å². The molecule has 0 unspecified atom stereocenters. The van der Waals surface area contributed by atoms with E-state index in [1.165, 1.54) is 19.4 Å². The van der Waals surface area contributed by atoms with Gasteiger partial charge in [-0.15, -0.1) is 12.8 Å². The van der Waals surface area contributed by atoms with E-state index in [1.54, 1.807) is 18.3 Å². The Kier molecular flexibility index (Phi) is 7.89. The van der Waals surface area contributed by atoms with Gasteiger partial charge in [-0.25, -0.2) is 14.4 Å². The van der Waals surface area contributed by atoms with Gasteiger partial charge in [0.05, 0.1) is 17.6 Å². The highest BCUT2D eigenvalue weighted by atomic mass is 79.9. The average Bonchev–Trinajstić information content (AvgIpc) is 2.80. The second kappa shape index (κ2) is 10.4. The molecule has 0 atom stereocenters. The van der Waals surface area contributed by atoms with Crippen molar-refractivity contribution in [2.75, 3.05) is 19.5 Å². The molecule has 6 nitrogen and oxygen atoms in total. The van der Waals surface area contributed by atoms with Gasteiger partial charge in [0.1, 0.15) is 11.6 Å². The van der Waals surface area contributed by atoms with E-state index >= 15 is 0 Å². The molecule has 0 spiro atoms. The average molecular weight is 537 g/mol. The summed E-state index contributed by atoms with van der Waals surface area (Å²) in [4.78, 5) is 13.2. The topological polar surface area (TPSA) is 86.0 Å². The molecule has 0 aliphatic carbocycles. The summed E-state index contributed by atoms with van der Waals surface area (Å²) in [6, 6.07) is 8.70. The second-order valence-corrected chi connectivity index (χ2v) is 7.95. The lowest BCUT2D eigenvalue weighted by molar-refractivity contribution is 0.399. The fourth-order valence-corrected chi connectivity index (χ4v) is 4.00. The summed E-state index contributed by atoms with van der Waals surface area (Å²) >= 11 is 12.6. The van der Waals surface area contributed by atoms with Crippen molar-refractivity contribution >= 4 is 57.1 Å². The fourth-order valence-electron chi connectivity index (χ4n) is 3.32. The minimum absolute atomic E-state index is 0.295. The van der Waals surface area contributed by atoms with Crippen molar-refractivity contribution in [1.82, 2.24) is 15.0 Å². The standard InChI is InChI=1S/C22H17BrClFN4O.H3NS/c1-11-14(4-12-9-27-21(26-2)8-20(12)29-11)15-6-16(19(25)7-18(15)23)17-5-13(24)10-28-22(17)30-3;1-2/h4-10H,1-3H3,(H,26,27);2H,1H2. The van der Waals surface area contributed by atoms with Crippen LogP contribution in [0.15, 0.2) is 47.2 Å². The second-order valence-electron chi connectivity index (χ2n) is 6.66. The summed E-state index contributed by atoms with van der Waals surface area (Å²) in [6.45, 7) is 1.92. The van der Waals surface area contributed by atoms with Crippen LogP contribution in [0.4, 0.5) is 10.2 Å². The van der Waals surface area contributed by atoms with Gasteiger partial charge < -0.3 is 10.1 Å². The Balaban J connectivity index is 0.00000141. The van der Waals surface area contributed by atoms with Crippen molar-refractivity contribution in [3.05, 3.63) is 63.7 Å². The summed E-state index contributed by atoms with van der Waals surface area (Å²) < 4.78 is 20.9. The third-order valence-electron chi connectivity index (χ3n) is 4.79. The van der Waals surface area contributed by atoms with E-state index < -0.39 is 5.82 Å². The maximum Gasteiger partial charge on any atom is 0.221 e. The highest BCUT2D eigenvalue weighted by Gasteiger charge is 2.18. The lowest BCUT2D eigenvalue weighted by Gasteiger charge is -2.14. The molecule has 0 aliphatic rings. The Morgan fingerprint density at radius 2 is 1.78 bits per heavy atom. The smallest absolute Gasteiger partial charge is 0.221 e. The summed E-state index contributed by atoms with van der Waals surface area (Å²) in [5.74, 6) is 0.622. The number of nitrogens with one attached hydrogen (secondary N) is 1. The number of rotatable bonds is 4. The first kappa shape index (κ1) is 24.2. The van der Waals surface area contributed by atoms with Gasteiger partial charge in [0.25, 0.3) is 0 Å². The molecule has 166 valence electrons. The van der Waals surface area contributed by atoms with Crippen LogP contribution in [0.3, 0.4) is 0 Å². The number of benzene rings is 1. The van der Waals surface area contributed by atoms with Gasteiger partial charge >= 0.3 is 0 Å². The van der Waals surface area contributed by atoms with E-state index in [9.17, 15) is 4.39 Å². The number of hydrogen-bond donors (Lipinski definition) is 3. The Bertz CT molecular complexity index is 1290. The van der Waals surface area contributed by atoms with Gasteiger partial charge in [0, 0.05) is 57.8 Å². The molecule has 0 radical (unpaired) electrons. The number of halogens is 3. The van der Waals surface area contributed by atoms with Crippen molar-refractivity contribution in [3.8, 4) is 28.1 Å². The largest absolute Gasteiger partial charge is 0.481 e. The molecule has 0 saturated carbocycles. The number of aryl methyl sites for hydroxylation is 1. The minimum Gasteiger partial charge on any atom is -0.481 e. The first-order valence-electron chi connectivity index (χ1n) is 9.31. The highest BCUT2D eigenvalue weighted by molar-refractivity contribution is 9.10. The molecule has 0 saturated heterocycles. The number of hydrogen-bond acceptors (Lipinski definition) is 7. The van der Waals surface area contributed by atoms with Crippen molar-refractivity contribution in [2.45, 2.75) is 6.92 Å². The molecule has 10 heteroatoms. The van der Waals surface area contributed by atoms with E-state index in [0.29, 0.717) is 26.5 Å². The molecule has 0 aliphatic heterocycles. The first-order valence-corrected chi connectivity index (χ1v) is 11.0. The van der Waals surface area contributed by atoms with Gasteiger partial charge in [-0.2, -0.15) is 0 Å². The molecule has 4 aromatic rings. The van der Waals surface area contributed by atoms with Crippen LogP contribution < -0.4 is 15.2 Å². The molecule has 0 bridgehead atoms. The van der Waals surface area contributed by atoms with Crippen LogP contribution >= 0.6 is 40.3 Å². The van der Waals surface area contributed by atoms with Crippen LogP contribution in [0, 0.1) is 12.7 Å². The Hall–Kier alpha value is -2.46. The van der Waals surface area contributed by atoms with Crippen LogP contribution in [0.5, 0.6) is 5.88 Å². The van der Waals surface area contributed by atoms with Crippen LogP contribution in [-0.4, -0.2) is 29.1 Å². The number of nitrogens with two attached hydrogens (primary N) is 1. The lowest BCUT2D eigenvalue weighted by atomic mass is 9.97. The molecule has 0 amide bonds. The predicted molar refractivity (Wildman–Crippen MR) is 135 cm³/mol. The number of thiol groups is 1. The zero-order chi connectivity index (χ0) is 23.4. The predicted octanol–water partition coefficient (Wildman–Crippen LogP) is 6.06. The number of methoxy groups -OCH3 is 1. The quantitative estimate of drug-likeness (QED) is 0.275. The van der Waals surface area contributed by atoms with Crippen LogP contribution in [-0.2, 0) is 0 Å². The van der Waals surface area contributed by atoms with Crippen LogP contribution in [0.2, 0.25) is 5.02 Å². The van der Waals surface area contributed by atoms with Gasteiger partial charge in [-0.1, -0.05) is 27.5 Å². The SMILES string of the molecule is CNc1cc2nc(C)c(-c3cc(-c4cc(Cl)cnc4OC)c(F)cc3Br)cc2cn1.NS. The van der Waals surface area contributed by atoms with Gasteiger partial charge in [-0.3, -0.25) is 10.1 Å². The van der Waals surface area contributed by atoms with E-state index in [-0.39, 0.29) is 0 Å². The van der Waals surface area contributed by atoms with Gasteiger partial charge in [0.15, 0.2) is 0 Å². The normalized spacial score (nSPS) is 10.5. The summed E-state index contributed by atoms with van der Waals surface area (Å²) in [5.41, 5.74) is 4.10. The Morgan fingerprint density at radius 1 is 1.03 bits per heavy atom. The molecule has 4 rings (SSSR count). The monoisotopic (exact) mass is 535 g/mol. The molecule has 3 aromatic heterocycles. The number of nitrogens with zero attached hydrogens (tertiary/aromatic N) is 3. The summed E-state index contributed by atoms with van der Waals surface area (Å²) in [5, 5.41) is 8.48. The number of fused-ring (bicyclic) bond motifs is 1. The molecule has 1 aromatic carbocycles. The molecule has 3 heterocycles. The maximum atomic E-state index is 14.9. The molecule has 0 fully saturated rings. The zero-order valence-corrected chi connectivity index (χ0v) is 20.7. The molecular formula is C22H20BrClFN5OS. The van der Waals surface area contributed by atoms with Crippen molar-refractivity contribution < 1.29 is 9.13 Å². The third-order valence-corrected chi connectivity index (χ3v) is 5.66. The Labute approximate surface area is 204 Å². The minimum atomic E-state index is -0.417. The third kappa shape index (κ3) is 4.80. The van der Waals surface area contributed by atoms with E-state index in [0.717, 1.165) is 33.5 Å². The summed E-state index contributed by atoms with van der Waals surface area (Å²) in [7, 11) is 3.30. The van der Waals surface area contributed by atoms with Gasteiger partial charge in [0.2, 0.25) is 5.88 Å². The molecular weight excluding hydrogens is 517 g/mol. The van der Waals surface area contributed by atoms with E-state index in [4.69, 9.17) is 21.3 Å². The maximum absolute atomic E-state index is 14.9. The summed E-state index contributed by atoms with van der Waals surface area (Å²) in [6.07, 6.45) is 3.23.